The van der Waals surface area contributed by atoms with Gasteiger partial charge >= 0.3 is 0 Å². The number of hydrogen-bond acceptors (Lipinski definition) is 6. The molecule has 0 radical (unpaired) electrons. The van der Waals surface area contributed by atoms with E-state index in [0.717, 1.165) is 35.1 Å². The van der Waals surface area contributed by atoms with E-state index < -0.39 is 30.7 Å². The average molecular weight is 653 g/mol. The zero-order valence-corrected chi connectivity index (χ0v) is 28.4. The van der Waals surface area contributed by atoms with Crippen molar-refractivity contribution in [2.75, 3.05) is 13.2 Å². The van der Waals surface area contributed by atoms with Gasteiger partial charge in [-0.25, -0.2) is 0 Å². The van der Waals surface area contributed by atoms with Crippen LogP contribution in [-0.2, 0) is 54.8 Å². The molecule has 4 aromatic carbocycles. The van der Waals surface area contributed by atoms with E-state index in [2.05, 4.69) is 55.5 Å². The molecule has 0 saturated carbocycles. The van der Waals surface area contributed by atoms with Crippen LogP contribution >= 0.6 is 0 Å². The second kappa shape index (κ2) is 20.9. The summed E-state index contributed by atoms with van der Waals surface area (Å²) in [4.78, 5) is 0. The molecule has 6 nitrogen and oxygen atoms in total. The van der Waals surface area contributed by atoms with E-state index in [1.807, 2.05) is 72.8 Å². The maximum atomic E-state index is 6.80. The molecule has 0 aromatic heterocycles. The zero-order chi connectivity index (χ0) is 33.1. The van der Waals surface area contributed by atoms with E-state index >= 15 is 0 Å². The summed E-state index contributed by atoms with van der Waals surface area (Å²) in [6, 6.07) is 40.8. The van der Waals surface area contributed by atoms with Crippen LogP contribution in [0, 0.1) is 0 Å². The van der Waals surface area contributed by atoms with Gasteiger partial charge in [-0.15, -0.1) is 0 Å². The van der Waals surface area contributed by atoms with Gasteiger partial charge in [-0.05, 0) is 28.7 Å². The van der Waals surface area contributed by atoms with Crippen molar-refractivity contribution in [2.24, 2.45) is 0 Å². The summed E-state index contributed by atoms with van der Waals surface area (Å²) < 4.78 is 39.8. The van der Waals surface area contributed by atoms with Crippen molar-refractivity contribution in [2.45, 2.75) is 103 Å². The molecule has 1 fully saturated rings. The second-order valence-electron chi connectivity index (χ2n) is 12.5. The van der Waals surface area contributed by atoms with Gasteiger partial charge in [0.15, 0.2) is 6.29 Å². The van der Waals surface area contributed by atoms with E-state index in [1.54, 1.807) is 0 Å². The Morgan fingerprint density at radius 3 is 1.42 bits per heavy atom. The van der Waals surface area contributed by atoms with Crippen LogP contribution in [-0.4, -0.2) is 43.9 Å². The molecule has 1 aliphatic rings. The van der Waals surface area contributed by atoms with Crippen molar-refractivity contribution >= 4 is 0 Å². The van der Waals surface area contributed by atoms with Gasteiger partial charge in [0.05, 0.1) is 33.0 Å². The Balaban J connectivity index is 1.38. The second-order valence-corrected chi connectivity index (χ2v) is 12.5. The number of rotatable bonds is 21. The van der Waals surface area contributed by atoms with Gasteiger partial charge < -0.3 is 28.4 Å². The molecule has 0 bridgehead atoms. The lowest BCUT2D eigenvalue weighted by molar-refractivity contribution is -0.328. The molecule has 0 aliphatic carbocycles. The molecule has 1 heterocycles. The number of unbranched alkanes of at least 4 members (excludes halogenated alkanes) is 5. The Morgan fingerprint density at radius 1 is 0.458 bits per heavy atom. The average Bonchev–Trinajstić information content (AvgIpc) is 3.14. The molecule has 48 heavy (non-hydrogen) atoms. The summed E-state index contributed by atoms with van der Waals surface area (Å²) in [6.07, 6.45) is 4.51. The highest BCUT2D eigenvalue weighted by Crippen LogP contribution is 2.32. The third-order valence-electron chi connectivity index (χ3n) is 8.62. The van der Waals surface area contributed by atoms with Gasteiger partial charge in [0.1, 0.15) is 24.4 Å². The minimum Gasteiger partial charge on any atom is -0.374 e. The van der Waals surface area contributed by atoms with Crippen molar-refractivity contribution in [1.82, 2.24) is 0 Å². The third-order valence-corrected chi connectivity index (χ3v) is 8.62. The number of benzene rings is 4. The molecule has 256 valence electrons. The summed E-state index contributed by atoms with van der Waals surface area (Å²) in [5, 5.41) is 0. The van der Waals surface area contributed by atoms with Crippen LogP contribution in [0.1, 0.15) is 67.7 Å². The van der Waals surface area contributed by atoms with Crippen molar-refractivity contribution in [3.8, 4) is 0 Å². The van der Waals surface area contributed by atoms with Gasteiger partial charge in [-0.1, -0.05) is 160 Å². The first-order valence-electron chi connectivity index (χ1n) is 17.7. The maximum absolute atomic E-state index is 6.80. The molecule has 0 unspecified atom stereocenters. The highest BCUT2D eigenvalue weighted by Gasteiger charge is 2.49. The van der Waals surface area contributed by atoms with Crippen LogP contribution in [0.5, 0.6) is 0 Å². The lowest BCUT2D eigenvalue weighted by Crippen LogP contribution is -2.61. The normalized spacial score (nSPS) is 20.9. The highest BCUT2D eigenvalue weighted by atomic mass is 16.7. The fourth-order valence-corrected chi connectivity index (χ4v) is 5.96. The molecule has 0 N–H and O–H groups in total. The largest absolute Gasteiger partial charge is 0.374 e. The summed E-state index contributed by atoms with van der Waals surface area (Å²) >= 11 is 0. The topological polar surface area (TPSA) is 55.4 Å². The Labute approximate surface area is 287 Å². The molecular formula is C42H52O6. The van der Waals surface area contributed by atoms with E-state index in [-0.39, 0.29) is 0 Å². The molecule has 4 aromatic rings. The molecule has 0 amide bonds. The first-order chi connectivity index (χ1) is 23.8. The lowest BCUT2D eigenvalue weighted by Gasteiger charge is -2.46. The van der Waals surface area contributed by atoms with Gasteiger partial charge in [-0.3, -0.25) is 0 Å². The zero-order valence-electron chi connectivity index (χ0n) is 28.4. The van der Waals surface area contributed by atoms with E-state index in [9.17, 15) is 0 Å². The van der Waals surface area contributed by atoms with Crippen molar-refractivity contribution in [1.29, 1.82) is 0 Å². The van der Waals surface area contributed by atoms with Crippen LogP contribution < -0.4 is 0 Å². The third kappa shape index (κ3) is 12.0. The SMILES string of the molecule is CCCCCCCCO[C@@H]1O[C@H](COCc2ccccc2)[C@@H](OCc2ccccc2)[C@H](OCc2ccccc2)[C@H]1OCc1ccccc1. The minimum atomic E-state index is -0.646. The standard InChI is InChI=1S/C42H52O6/c1-2-3-4-5-6-19-28-44-42-41(47-32-37-26-17-10-18-27-37)40(46-31-36-24-15-9-16-25-36)39(45-30-35-22-13-8-14-23-35)38(48-42)33-43-29-34-20-11-7-12-21-34/h7-18,20-27,38-42H,2-6,19,28-33H2,1H3/t38-,39-,40+,41-,42-/m1/s1. The number of ether oxygens (including phenoxy) is 6. The van der Waals surface area contributed by atoms with E-state index in [1.165, 1.54) is 25.7 Å². The summed E-state index contributed by atoms with van der Waals surface area (Å²) in [6.45, 7) is 4.83. The maximum Gasteiger partial charge on any atom is 0.186 e. The fraction of sp³-hybridized carbons (Fsp3) is 0.429. The quantitative estimate of drug-likeness (QED) is 0.0838. The molecule has 5 atom stereocenters. The van der Waals surface area contributed by atoms with Crippen LogP contribution in [0.4, 0.5) is 0 Å². The van der Waals surface area contributed by atoms with Gasteiger partial charge in [0.25, 0.3) is 0 Å². The number of hydrogen-bond donors (Lipinski definition) is 0. The van der Waals surface area contributed by atoms with Crippen molar-refractivity contribution in [3.63, 3.8) is 0 Å². The van der Waals surface area contributed by atoms with E-state index in [0.29, 0.717) is 39.6 Å². The van der Waals surface area contributed by atoms with Crippen LogP contribution in [0.15, 0.2) is 121 Å². The predicted molar refractivity (Wildman–Crippen MR) is 189 cm³/mol. The van der Waals surface area contributed by atoms with Crippen LogP contribution in [0.25, 0.3) is 0 Å². The smallest absolute Gasteiger partial charge is 0.186 e. The molecule has 1 saturated heterocycles. The summed E-state index contributed by atoms with van der Waals surface area (Å²) in [5.41, 5.74) is 4.33. The predicted octanol–water partition coefficient (Wildman–Crippen LogP) is 9.06. The Hall–Kier alpha value is -3.36. The Morgan fingerprint density at radius 2 is 0.896 bits per heavy atom. The highest BCUT2D eigenvalue weighted by molar-refractivity contribution is 5.16. The van der Waals surface area contributed by atoms with Gasteiger partial charge in [0.2, 0.25) is 0 Å². The molecular weight excluding hydrogens is 600 g/mol. The first kappa shape index (κ1) is 35.9. The Bertz CT molecular complexity index is 1370. The Kier molecular flexibility index (Phi) is 15.6. The van der Waals surface area contributed by atoms with Gasteiger partial charge in [-0.2, -0.15) is 0 Å². The van der Waals surface area contributed by atoms with Crippen molar-refractivity contribution < 1.29 is 28.4 Å². The van der Waals surface area contributed by atoms with E-state index in [4.69, 9.17) is 28.4 Å². The van der Waals surface area contributed by atoms with Gasteiger partial charge in [0, 0.05) is 6.61 Å². The minimum absolute atomic E-state index is 0.321. The summed E-state index contributed by atoms with van der Waals surface area (Å²) in [7, 11) is 0. The van der Waals surface area contributed by atoms with Crippen LogP contribution in [0.2, 0.25) is 0 Å². The fourth-order valence-electron chi connectivity index (χ4n) is 5.96. The molecule has 6 heteroatoms. The van der Waals surface area contributed by atoms with Crippen molar-refractivity contribution in [3.05, 3.63) is 144 Å². The molecule has 1 aliphatic heterocycles. The summed E-state index contributed by atoms with van der Waals surface area (Å²) in [5.74, 6) is 0. The first-order valence-corrected chi connectivity index (χ1v) is 17.7. The molecule has 5 rings (SSSR count). The van der Waals surface area contributed by atoms with Crippen LogP contribution in [0.3, 0.4) is 0 Å². The molecule has 0 spiro atoms. The monoisotopic (exact) mass is 652 g/mol. The lowest BCUT2D eigenvalue weighted by atomic mass is 9.97.